The average molecular weight is 259 g/mol. The van der Waals surface area contributed by atoms with E-state index >= 15 is 0 Å². The standard InChI is InChI=1S/C17H25NO/c1-12(2)9-13-3-5-14(6-4-13)11-18-16-10-15-7-8-17(16)19-15/h3-6,12,15-18H,7-11H2,1-2H3. The molecule has 2 nitrogen and oxygen atoms in total. The molecule has 0 radical (unpaired) electrons. The Morgan fingerprint density at radius 1 is 1.16 bits per heavy atom. The lowest BCUT2D eigenvalue weighted by Crippen LogP contribution is -2.36. The molecule has 2 heterocycles. The summed E-state index contributed by atoms with van der Waals surface area (Å²) < 4.78 is 5.87. The first-order valence-electron chi connectivity index (χ1n) is 7.67. The van der Waals surface area contributed by atoms with Gasteiger partial charge in [0.15, 0.2) is 0 Å². The molecule has 1 aromatic rings. The molecule has 0 aromatic heterocycles. The molecule has 2 aliphatic heterocycles. The van der Waals surface area contributed by atoms with E-state index in [0.717, 1.165) is 12.5 Å². The quantitative estimate of drug-likeness (QED) is 0.876. The van der Waals surface area contributed by atoms with Gasteiger partial charge in [0, 0.05) is 12.6 Å². The van der Waals surface area contributed by atoms with Gasteiger partial charge in [0.25, 0.3) is 0 Å². The van der Waals surface area contributed by atoms with E-state index < -0.39 is 0 Å². The fourth-order valence-electron chi connectivity index (χ4n) is 3.37. The molecular weight excluding hydrogens is 234 g/mol. The minimum Gasteiger partial charge on any atom is -0.373 e. The lowest BCUT2D eigenvalue weighted by atomic mass is 9.95. The highest BCUT2D eigenvalue weighted by atomic mass is 16.5. The van der Waals surface area contributed by atoms with Gasteiger partial charge in [-0.2, -0.15) is 0 Å². The maximum Gasteiger partial charge on any atom is 0.0733 e. The molecule has 3 unspecified atom stereocenters. The second-order valence-corrected chi connectivity index (χ2v) is 6.51. The zero-order valence-corrected chi connectivity index (χ0v) is 12.1. The molecule has 0 saturated carbocycles. The van der Waals surface area contributed by atoms with E-state index in [9.17, 15) is 0 Å². The molecule has 2 aliphatic rings. The topological polar surface area (TPSA) is 21.3 Å². The first-order valence-corrected chi connectivity index (χ1v) is 7.67. The van der Waals surface area contributed by atoms with Crippen LogP contribution in [0.1, 0.15) is 44.2 Å². The van der Waals surface area contributed by atoms with Crippen LogP contribution in [0.5, 0.6) is 0 Å². The highest BCUT2D eigenvalue weighted by Crippen LogP contribution is 2.34. The summed E-state index contributed by atoms with van der Waals surface area (Å²) in [5.41, 5.74) is 2.83. The Kier molecular flexibility index (Phi) is 3.90. The van der Waals surface area contributed by atoms with Crippen LogP contribution in [-0.2, 0) is 17.7 Å². The van der Waals surface area contributed by atoms with Crippen molar-refractivity contribution in [3.8, 4) is 0 Å². The summed E-state index contributed by atoms with van der Waals surface area (Å²) in [5, 5.41) is 3.66. The number of hydrogen-bond donors (Lipinski definition) is 1. The molecule has 1 N–H and O–H groups in total. The Labute approximate surface area is 116 Å². The van der Waals surface area contributed by atoms with E-state index in [1.807, 2.05) is 0 Å². The Morgan fingerprint density at radius 3 is 2.47 bits per heavy atom. The lowest BCUT2D eigenvalue weighted by molar-refractivity contribution is 0.0973. The molecule has 2 saturated heterocycles. The lowest BCUT2D eigenvalue weighted by Gasteiger charge is -2.20. The normalized spacial score (nSPS) is 29.3. The van der Waals surface area contributed by atoms with E-state index in [-0.39, 0.29) is 0 Å². The Balaban J connectivity index is 1.50. The first-order chi connectivity index (χ1) is 9.20. The Hall–Kier alpha value is -0.860. The monoisotopic (exact) mass is 259 g/mol. The zero-order chi connectivity index (χ0) is 13.2. The number of fused-ring (bicyclic) bond motifs is 2. The molecule has 0 aliphatic carbocycles. The van der Waals surface area contributed by atoms with Gasteiger partial charge in [-0.1, -0.05) is 38.1 Å². The third kappa shape index (κ3) is 3.18. The van der Waals surface area contributed by atoms with Crippen molar-refractivity contribution in [2.24, 2.45) is 5.92 Å². The molecule has 1 aromatic carbocycles. The van der Waals surface area contributed by atoms with Crippen LogP contribution in [0.25, 0.3) is 0 Å². The van der Waals surface area contributed by atoms with E-state index in [0.29, 0.717) is 18.2 Å². The largest absolute Gasteiger partial charge is 0.373 e. The molecule has 2 fully saturated rings. The molecule has 0 amide bonds. The highest BCUT2D eigenvalue weighted by Gasteiger charge is 2.40. The third-order valence-corrected chi connectivity index (χ3v) is 4.34. The number of ether oxygens (including phenoxy) is 1. The molecule has 0 spiro atoms. The van der Waals surface area contributed by atoms with E-state index in [2.05, 4.69) is 43.4 Å². The summed E-state index contributed by atoms with van der Waals surface area (Å²) >= 11 is 0. The Bertz CT molecular complexity index is 412. The predicted octanol–water partition coefficient (Wildman–Crippen LogP) is 3.29. The second kappa shape index (κ2) is 5.64. The van der Waals surface area contributed by atoms with Crippen LogP contribution in [0.3, 0.4) is 0 Å². The van der Waals surface area contributed by atoms with Crippen LogP contribution >= 0.6 is 0 Å². The number of nitrogens with one attached hydrogen (secondary N) is 1. The van der Waals surface area contributed by atoms with Gasteiger partial charge in [0.05, 0.1) is 12.2 Å². The molecular formula is C17H25NO. The number of hydrogen-bond acceptors (Lipinski definition) is 2. The average Bonchev–Trinajstić information content (AvgIpc) is 2.99. The van der Waals surface area contributed by atoms with Crippen LogP contribution in [0, 0.1) is 5.92 Å². The maximum atomic E-state index is 5.87. The van der Waals surface area contributed by atoms with Gasteiger partial charge >= 0.3 is 0 Å². The van der Waals surface area contributed by atoms with Crippen molar-refractivity contribution >= 4 is 0 Å². The summed E-state index contributed by atoms with van der Waals surface area (Å²) in [7, 11) is 0. The van der Waals surface area contributed by atoms with E-state index in [1.54, 1.807) is 0 Å². The summed E-state index contributed by atoms with van der Waals surface area (Å²) in [6, 6.07) is 9.65. The van der Waals surface area contributed by atoms with Crippen LogP contribution in [-0.4, -0.2) is 18.2 Å². The van der Waals surface area contributed by atoms with Crippen molar-refractivity contribution in [2.45, 2.75) is 64.3 Å². The highest BCUT2D eigenvalue weighted by molar-refractivity contribution is 5.23. The first kappa shape index (κ1) is 13.1. The summed E-state index contributed by atoms with van der Waals surface area (Å²) in [6.45, 7) is 5.51. The maximum absolute atomic E-state index is 5.87. The summed E-state index contributed by atoms with van der Waals surface area (Å²) in [5.74, 6) is 0.732. The van der Waals surface area contributed by atoms with Gasteiger partial charge < -0.3 is 10.1 Å². The number of rotatable bonds is 5. The Morgan fingerprint density at radius 2 is 1.89 bits per heavy atom. The molecule has 104 valence electrons. The van der Waals surface area contributed by atoms with Crippen molar-refractivity contribution in [3.63, 3.8) is 0 Å². The van der Waals surface area contributed by atoms with Gasteiger partial charge in [0.2, 0.25) is 0 Å². The molecule has 2 heteroatoms. The van der Waals surface area contributed by atoms with Gasteiger partial charge in [0.1, 0.15) is 0 Å². The smallest absolute Gasteiger partial charge is 0.0733 e. The minimum absolute atomic E-state index is 0.477. The summed E-state index contributed by atoms with van der Waals surface area (Å²) in [6.07, 6.45) is 5.91. The fourth-order valence-corrected chi connectivity index (χ4v) is 3.37. The van der Waals surface area contributed by atoms with Crippen molar-refractivity contribution in [1.82, 2.24) is 5.32 Å². The van der Waals surface area contributed by atoms with Gasteiger partial charge in [-0.25, -0.2) is 0 Å². The van der Waals surface area contributed by atoms with Gasteiger partial charge in [-0.05, 0) is 42.7 Å². The zero-order valence-electron chi connectivity index (χ0n) is 12.1. The predicted molar refractivity (Wildman–Crippen MR) is 78.1 cm³/mol. The van der Waals surface area contributed by atoms with Crippen molar-refractivity contribution in [2.75, 3.05) is 0 Å². The summed E-state index contributed by atoms with van der Waals surface area (Å²) in [4.78, 5) is 0. The van der Waals surface area contributed by atoms with Crippen molar-refractivity contribution < 1.29 is 4.74 Å². The number of benzene rings is 1. The van der Waals surface area contributed by atoms with Crippen LogP contribution < -0.4 is 5.32 Å². The molecule has 3 atom stereocenters. The van der Waals surface area contributed by atoms with Gasteiger partial charge in [-0.15, -0.1) is 0 Å². The van der Waals surface area contributed by atoms with Crippen LogP contribution in [0.15, 0.2) is 24.3 Å². The van der Waals surface area contributed by atoms with Crippen LogP contribution in [0.2, 0.25) is 0 Å². The van der Waals surface area contributed by atoms with Crippen molar-refractivity contribution in [1.29, 1.82) is 0 Å². The van der Waals surface area contributed by atoms with E-state index in [1.165, 1.54) is 36.8 Å². The SMILES string of the molecule is CC(C)Cc1ccc(CNC2CC3CCC2O3)cc1. The third-order valence-electron chi connectivity index (χ3n) is 4.34. The van der Waals surface area contributed by atoms with Crippen molar-refractivity contribution in [3.05, 3.63) is 35.4 Å². The molecule has 19 heavy (non-hydrogen) atoms. The minimum atomic E-state index is 0.477. The van der Waals surface area contributed by atoms with E-state index in [4.69, 9.17) is 4.74 Å². The fraction of sp³-hybridized carbons (Fsp3) is 0.647. The molecule has 3 rings (SSSR count). The molecule has 2 bridgehead atoms. The van der Waals surface area contributed by atoms with Crippen LogP contribution in [0.4, 0.5) is 0 Å². The second-order valence-electron chi connectivity index (χ2n) is 6.51. The van der Waals surface area contributed by atoms with Gasteiger partial charge in [-0.3, -0.25) is 0 Å².